The Morgan fingerprint density at radius 3 is 2.60 bits per heavy atom. The third-order valence-corrected chi connectivity index (χ3v) is 2.22. The molecule has 1 aromatic heterocycles. The second-order valence-electron chi connectivity index (χ2n) is 3.90. The summed E-state index contributed by atoms with van der Waals surface area (Å²) in [7, 11) is 2.94. The second kappa shape index (κ2) is 4.33. The van der Waals surface area contributed by atoms with E-state index in [2.05, 4.69) is 9.72 Å². The number of nitrogens with zero attached hydrogens (tertiary/aromatic N) is 1. The van der Waals surface area contributed by atoms with Gasteiger partial charge in [-0.3, -0.25) is 9.55 Å². The molecule has 5 heteroatoms. The number of ether oxygens (including phenoxy) is 1. The molecule has 0 aliphatic heterocycles. The molecular formula is C10H16N2O3. The van der Waals surface area contributed by atoms with Crippen molar-refractivity contribution in [3.05, 3.63) is 21.9 Å². The molecule has 0 amide bonds. The van der Waals surface area contributed by atoms with Crippen LogP contribution in [0.5, 0.6) is 0 Å². The van der Waals surface area contributed by atoms with Gasteiger partial charge in [-0.05, 0) is 12.3 Å². The van der Waals surface area contributed by atoms with Crippen LogP contribution in [0.3, 0.4) is 0 Å². The van der Waals surface area contributed by atoms with Gasteiger partial charge < -0.3 is 4.74 Å². The Balaban J connectivity index is 3.21. The van der Waals surface area contributed by atoms with Crippen LogP contribution < -0.4 is 5.69 Å². The number of nitrogens with one attached hydrogen (secondary N) is 1. The van der Waals surface area contributed by atoms with Gasteiger partial charge in [-0.25, -0.2) is 9.59 Å². The van der Waals surface area contributed by atoms with E-state index in [9.17, 15) is 9.59 Å². The molecular weight excluding hydrogens is 196 g/mol. The summed E-state index contributed by atoms with van der Waals surface area (Å²) in [6, 6.07) is 0. The quantitative estimate of drug-likeness (QED) is 0.750. The maximum atomic E-state index is 11.4. The van der Waals surface area contributed by atoms with Gasteiger partial charge in [-0.1, -0.05) is 13.8 Å². The molecule has 0 spiro atoms. The molecule has 0 saturated heterocycles. The lowest BCUT2D eigenvalue weighted by Gasteiger charge is -2.07. The van der Waals surface area contributed by atoms with E-state index in [4.69, 9.17) is 0 Å². The third kappa shape index (κ3) is 2.29. The molecule has 0 aromatic carbocycles. The van der Waals surface area contributed by atoms with Crippen LogP contribution in [0.2, 0.25) is 0 Å². The molecule has 0 aliphatic rings. The van der Waals surface area contributed by atoms with Crippen LogP contribution in [0.4, 0.5) is 0 Å². The first-order chi connectivity index (χ1) is 6.97. The highest BCUT2D eigenvalue weighted by Crippen LogP contribution is 2.10. The molecule has 1 heterocycles. The minimum Gasteiger partial charge on any atom is -0.464 e. The van der Waals surface area contributed by atoms with Crippen LogP contribution in [-0.4, -0.2) is 22.6 Å². The van der Waals surface area contributed by atoms with Gasteiger partial charge in [0, 0.05) is 7.05 Å². The zero-order valence-electron chi connectivity index (χ0n) is 9.46. The summed E-state index contributed by atoms with van der Waals surface area (Å²) < 4.78 is 6.06. The number of hydrogen-bond acceptors (Lipinski definition) is 3. The summed E-state index contributed by atoms with van der Waals surface area (Å²) in [4.78, 5) is 25.2. The van der Waals surface area contributed by atoms with E-state index in [-0.39, 0.29) is 11.4 Å². The van der Waals surface area contributed by atoms with Crippen molar-refractivity contribution in [3.63, 3.8) is 0 Å². The maximum Gasteiger partial charge on any atom is 0.356 e. The van der Waals surface area contributed by atoms with Crippen molar-refractivity contribution in [1.29, 1.82) is 0 Å². The number of carbonyl (C=O) groups is 1. The largest absolute Gasteiger partial charge is 0.464 e. The molecule has 84 valence electrons. The van der Waals surface area contributed by atoms with Gasteiger partial charge in [0.05, 0.1) is 12.8 Å². The Labute approximate surface area is 88.1 Å². The molecule has 0 saturated carbocycles. The first-order valence-electron chi connectivity index (χ1n) is 4.83. The molecule has 0 fully saturated rings. The fraction of sp³-hybridized carbons (Fsp3) is 0.600. The van der Waals surface area contributed by atoms with Gasteiger partial charge in [-0.2, -0.15) is 0 Å². The summed E-state index contributed by atoms with van der Waals surface area (Å²) in [6.07, 6.45) is 0.666. The highest BCUT2D eigenvalue weighted by atomic mass is 16.5. The van der Waals surface area contributed by atoms with Crippen molar-refractivity contribution in [2.45, 2.75) is 20.3 Å². The van der Waals surface area contributed by atoms with Gasteiger partial charge in [-0.15, -0.1) is 0 Å². The van der Waals surface area contributed by atoms with Crippen LogP contribution in [0.25, 0.3) is 0 Å². The lowest BCUT2D eigenvalue weighted by atomic mass is 10.1. The minimum atomic E-state index is -0.497. The van der Waals surface area contributed by atoms with Crippen LogP contribution in [0.1, 0.15) is 30.0 Å². The molecule has 0 unspecified atom stereocenters. The number of rotatable bonds is 3. The van der Waals surface area contributed by atoms with Crippen molar-refractivity contribution in [2.24, 2.45) is 13.0 Å². The lowest BCUT2D eigenvalue weighted by Crippen LogP contribution is -2.15. The molecule has 0 atom stereocenters. The molecule has 0 radical (unpaired) electrons. The standard InChI is InChI=1S/C10H16N2O3/c1-6(2)5-7-8(9(13)15-4)11-10(14)12(7)3/h6H,5H2,1-4H3,(H,11,14). The van der Waals surface area contributed by atoms with Crippen molar-refractivity contribution in [1.82, 2.24) is 9.55 Å². The lowest BCUT2D eigenvalue weighted by molar-refractivity contribution is 0.0593. The Hall–Kier alpha value is -1.52. The molecule has 1 N–H and O–H groups in total. The maximum absolute atomic E-state index is 11.4. The average Bonchev–Trinajstić information content (AvgIpc) is 2.44. The SMILES string of the molecule is COC(=O)c1[nH]c(=O)n(C)c1CC(C)C. The summed E-state index contributed by atoms with van der Waals surface area (Å²) in [6.45, 7) is 4.05. The van der Waals surface area contributed by atoms with E-state index < -0.39 is 5.97 Å². The number of methoxy groups -OCH3 is 1. The Kier molecular flexibility index (Phi) is 3.34. The smallest absolute Gasteiger partial charge is 0.356 e. The highest BCUT2D eigenvalue weighted by molar-refractivity contribution is 5.88. The predicted octanol–water partition coefficient (Wildman–Crippen LogP) is 0.698. The van der Waals surface area contributed by atoms with Gasteiger partial charge in [0.15, 0.2) is 0 Å². The number of hydrogen-bond donors (Lipinski definition) is 1. The average molecular weight is 212 g/mol. The first-order valence-corrected chi connectivity index (χ1v) is 4.83. The zero-order valence-corrected chi connectivity index (χ0v) is 9.46. The van der Waals surface area contributed by atoms with Crippen LogP contribution in [0, 0.1) is 5.92 Å². The van der Waals surface area contributed by atoms with Crippen LogP contribution in [-0.2, 0) is 18.2 Å². The van der Waals surface area contributed by atoms with E-state index in [1.807, 2.05) is 13.8 Å². The summed E-state index contributed by atoms with van der Waals surface area (Å²) in [5, 5.41) is 0. The highest BCUT2D eigenvalue weighted by Gasteiger charge is 2.19. The topological polar surface area (TPSA) is 64.1 Å². The van der Waals surface area contributed by atoms with Crippen molar-refractivity contribution < 1.29 is 9.53 Å². The molecule has 0 bridgehead atoms. The second-order valence-corrected chi connectivity index (χ2v) is 3.90. The van der Waals surface area contributed by atoms with E-state index in [0.717, 1.165) is 0 Å². The predicted molar refractivity (Wildman–Crippen MR) is 55.9 cm³/mol. The Morgan fingerprint density at radius 1 is 1.53 bits per heavy atom. The monoisotopic (exact) mass is 212 g/mol. The van der Waals surface area contributed by atoms with E-state index in [1.165, 1.54) is 11.7 Å². The van der Waals surface area contributed by atoms with Gasteiger partial charge in [0.25, 0.3) is 0 Å². The van der Waals surface area contributed by atoms with Crippen molar-refractivity contribution in [3.8, 4) is 0 Å². The fourth-order valence-electron chi connectivity index (χ4n) is 1.45. The molecule has 5 nitrogen and oxygen atoms in total. The Bertz CT molecular complexity index is 415. The first kappa shape index (κ1) is 11.6. The number of aromatic nitrogens is 2. The number of esters is 1. The molecule has 1 aromatic rings. The van der Waals surface area contributed by atoms with Crippen molar-refractivity contribution in [2.75, 3.05) is 7.11 Å². The normalized spacial score (nSPS) is 10.7. The fourth-order valence-corrected chi connectivity index (χ4v) is 1.45. The molecule has 0 aliphatic carbocycles. The zero-order chi connectivity index (χ0) is 11.6. The van der Waals surface area contributed by atoms with Crippen LogP contribution >= 0.6 is 0 Å². The van der Waals surface area contributed by atoms with Gasteiger partial charge in [0.2, 0.25) is 0 Å². The summed E-state index contributed by atoms with van der Waals surface area (Å²) in [5.74, 6) is -0.127. The molecule has 15 heavy (non-hydrogen) atoms. The van der Waals surface area contributed by atoms with Gasteiger partial charge in [0.1, 0.15) is 5.69 Å². The number of imidazole rings is 1. The minimum absolute atomic E-state index is 0.263. The number of carbonyl (C=O) groups excluding carboxylic acids is 1. The van der Waals surface area contributed by atoms with Crippen LogP contribution in [0.15, 0.2) is 4.79 Å². The number of H-pyrrole nitrogens is 1. The summed E-state index contributed by atoms with van der Waals surface area (Å²) in [5.41, 5.74) is 0.673. The number of aromatic amines is 1. The Morgan fingerprint density at radius 2 is 2.13 bits per heavy atom. The van der Waals surface area contributed by atoms with E-state index >= 15 is 0 Å². The summed E-state index contributed by atoms with van der Waals surface area (Å²) >= 11 is 0. The molecule has 1 rings (SSSR count). The van der Waals surface area contributed by atoms with E-state index in [0.29, 0.717) is 18.0 Å². The third-order valence-electron chi connectivity index (χ3n) is 2.22. The van der Waals surface area contributed by atoms with Gasteiger partial charge >= 0.3 is 11.7 Å². The van der Waals surface area contributed by atoms with E-state index in [1.54, 1.807) is 7.05 Å². The van der Waals surface area contributed by atoms with Crippen molar-refractivity contribution >= 4 is 5.97 Å².